The molecule has 1 saturated heterocycles. The number of benzene rings is 3. The highest BCUT2D eigenvalue weighted by Gasteiger charge is 2.47. The van der Waals surface area contributed by atoms with E-state index in [0.29, 0.717) is 29.2 Å². The number of nitrogens with zero attached hydrogens (tertiary/aromatic N) is 1. The molecule has 1 aliphatic rings. The first kappa shape index (κ1) is 25.0. The summed E-state index contributed by atoms with van der Waals surface area (Å²) in [5.74, 6) is -0.243. The molecular weight excluding hydrogens is 454 g/mol. The van der Waals surface area contributed by atoms with E-state index in [1.165, 1.54) is 4.90 Å². The van der Waals surface area contributed by atoms with Crippen LogP contribution in [0.5, 0.6) is 11.5 Å². The van der Waals surface area contributed by atoms with Gasteiger partial charge in [0.25, 0.3) is 11.7 Å². The maximum absolute atomic E-state index is 13.4. The maximum Gasteiger partial charge on any atom is 0.300 e. The van der Waals surface area contributed by atoms with Gasteiger partial charge in [0, 0.05) is 11.3 Å². The number of amides is 1. The highest BCUT2D eigenvalue weighted by molar-refractivity contribution is 6.51. The molecule has 1 aliphatic heterocycles. The number of carbonyl (C=O) groups is 2. The van der Waals surface area contributed by atoms with Crippen molar-refractivity contribution in [3.63, 3.8) is 0 Å². The van der Waals surface area contributed by atoms with Crippen LogP contribution in [0.4, 0.5) is 5.69 Å². The number of hydrogen-bond donors (Lipinski definition) is 1. The van der Waals surface area contributed by atoms with Crippen LogP contribution in [0.1, 0.15) is 47.2 Å². The summed E-state index contributed by atoms with van der Waals surface area (Å²) < 4.78 is 11.1. The van der Waals surface area contributed by atoms with E-state index >= 15 is 0 Å². The van der Waals surface area contributed by atoms with Crippen molar-refractivity contribution in [3.8, 4) is 11.5 Å². The second-order valence-electron chi connectivity index (χ2n) is 8.99. The van der Waals surface area contributed by atoms with Crippen LogP contribution in [0.2, 0.25) is 0 Å². The third-order valence-electron chi connectivity index (χ3n) is 6.62. The van der Waals surface area contributed by atoms with Crippen LogP contribution in [0.15, 0.2) is 66.2 Å². The number of Topliss-reactive ketones (excluding diaryl/α,β-unsaturated/α-hetero) is 1. The summed E-state index contributed by atoms with van der Waals surface area (Å²) in [6.07, 6.45) is 0.880. The summed E-state index contributed by atoms with van der Waals surface area (Å²) >= 11 is 0. The van der Waals surface area contributed by atoms with Crippen LogP contribution in [-0.4, -0.2) is 30.5 Å². The van der Waals surface area contributed by atoms with Crippen LogP contribution < -0.4 is 14.4 Å². The highest BCUT2D eigenvalue weighted by Crippen LogP contribution is 2.44. The van der Waals surface area contributed by atoms with Crippen LogP contribution in [-0.2, 0) is 9.59 Å². The lowest BCUT2D eigenvalue weighted by atomic mass is 9.94. The van der Waals surface area contributed by atoms with E-state index in [1.807, 2.05) is 58.0 Å². The van der Waals surface area contributed by atoms with E-state index in [1.54, 1.807) is 37.4 Å². The Hall–Kier alpha value is -4.06. The molecule has 6 heteroatoms. The molecule has 1 fully saturated rings. The van der Waals surface area contributed by atoms with Gasteiger partial charge < -0.3 is 14.6 Å². The SMILES string of the molecule is CCCOc1ccc(/C(O)=C2\C(=O)C(=O)N(c3cccc(C)c3C)C2c2ccc(OC)cc2)cc1C. The largest absolute Gasteiger partial charge is 0.507 e. The number of carbonyl (C=O) groups excluding carboxylic acids is 2. The fraction of sp³-hybridized carbons (Fsp3) is 0.267. The van der Waals surface area contributed by atoms with E-state index in [2.05, 4.69) is 0 Å². The van der Waals surface area contributed by atoms with Crippen molar-refractivity contribution < 1.29 is 24.2 Å². The first-order valence-corrected chi connectivity index (χ1v) is 12.0. The van der Waals surface area contributed by atoms with Gasteiger partial charge in [-0.1, -0.05) is 31.2 Å². The number of anilines is 1. The molecule has 1 unspecified atom stereocenters. The lowest BCUT2D eigenvalue weighted by molar-refractivity contribution is -0.132. The van der Waals surface area contributed by atoms with Gasteiger partial charge in [0.1, 0.15) is 17.3 Å². The van der Waals surface area contributed by atoms with Crippen LogP contribution in [0.3, 0.4) is 0 Å². The minimum Gasteiger partial charge on any atom is -0.507 e. The van der Waals surface area contributed by atoms with Gasteiger partial charge in [0.15, 0.2) is 0 Å². The molecule has 0 saturated carbocycles. The Labute approximate surface area is 211 Å². The Bertz CT molecular complexity index is 1340. The fourth-order valence-electron chi connectivity index (χ4n) is 4.51. The molecular formula is C30H31NO5. The molecule has 186 valence electrons. The summed E-state index contributed by atoms with van der Waals surface area (Å²) in [6.45, 7) is 8.39. The minimum absolute atomic E-state index is 0.0488. The Balaban J connectivity index is 1.90. The number of rotatable bonds is 7. The minimum atomic E-state index is -0.798. The molecule has 4 rings (SSSR count). The molecule has 0 aliphatic carbocycles. The van der Waals surface area contributed by atoms with Crippen molar-refractivity contribution in [2.45, 2.75) is 40.2 Å². The Kier molecular flexibility index (Phi) is 7.15. The zero-order valence-corrected chi connectivity index (χ0v) is 21.3. The summed E-state index contributed by atoms with van der Waals surface area (Å²) in [5.41, 5.74) is 4.56. The second kappa shape index (κ2) is 10.3. The van der Waals surface area contributed by atoms with Crippen LogP contribution in [0, 0.1) is 20.8 Å². The zero-order chi connectivity index (χ0) is 26.0. The summed E-state index contributed by atoms with van der Waals surface area (Å²) in [6, 6.07) is 17.3. The van der Waals surface area contributed by atoms with Gasteiger partial charge in [-0.3, -0.25) is 14.5 Å². The Morgan fingerprint density at radius 2 is 1.69 bits per heavy atom. The van der Waals surface area contributed by atoms with Gasteiger partial charge >= 0.3 is 0 Å². The number of ether oxygens (including phenoxy) is 2. The summed E-state index contributed by atoms with van der Waals surface area (Å²) in [7, 11) is 1.58. The molecule has 3 aromatic carbocycles. The number of methoxy groups -OCH3 is 1. The van der Waals surface area contributed by atoms with Crippen LogP contribution >= 0.6 is 0 Å². The van der Waals surface area contributed by atoms with Gasteiger partial charge in [0.2, 0.25) is 0 Å². The quantitative estimate of drug-likeness (QED) is 0.251. The molecule has 36 heavy (non-hydrogen) atoms. The predicted molar refractivity (Wildman–Crippen MR) is 141 cm³/mol. The Morgan fingerprint density at radius 3 is 2.33 bits per heavy atom. The van der Waals surface area contributed by atoms with Crippen LogP contribution in [0.25, 0.3) is 5.76 Å². The second-order valence-corrected chi connectivity index (χ2v) is 8.99. The fourth-order valence-corrected chi connectivity index (χ4v) is 4.51. The average Bonchev–Trinajstić information content (AvgIpc) is 3.14. The molecule has 3 aromatic rings. The molecule has 0 radical (unpaired) electrons. The summed E-state index contributed by atoms with van der Waals surface area (Å²) in [5, 5.41) is 11.4. The van der Waals surface area contributed by atoms with Crippen molar-refractivity contribution in [1.82, 2.24) is 0 Å². The van der Waals surface area contributed by atoms with E-state index in [4.69, 9.17) is 9.47 Å². The molecule has 0 aromatic heterocycles. The first-order valence-electron chi connectivity index (χ1n) is 12.0. The van der Waals surface area contributed by atoms with Gasteiger partial charge in [-0.15, -0.1) is 0 Å². The van der Waals surface area contributed by atoms with Crippen molar-refractivity contribution in [2.75, 3.05) is 18.6 Å². The normalized spacial score (nSPS) is 16.9. The number of ketones is 1. The molecule has 1 atom stereocenters. The third-order valence-corrected chi connectivity index (χ3v) is 6.62. The first-order chi connectivity index (χ1) is 17.3. The predicted octanol–water partition coefficient (Wildman–Crippen LogP) is 6.04. The van der Waals surface area contributed by atoms with E-state index in [9.17, 15) is 14.7 Å². The maximum atomic E-state index is 13.4. The smallest absolute Gasteiger partial charge is 0.300 e. The van der Waals surface area contributed by atoms with Gasteiger partial charge in [-0.05, 0) is 85.8 Å². The molecule has 1 amide bonds. The number of aliphatic hydroxyl groups excluding tert-OH is 1. The third kappa shape index (κ3) is 4.47. The van der Waals surface area contributed by atoms with Crippen molar-refractivity contribution >= 4 is 23.1 Å². The number of hydrogen-bond acceptors (Lipinski definition) is 5. The lowest BCUT2D eigenvalue weighted by Gasteiger charge is -2.27. The van der Waals surface area contributed by atoms with E-state index in [0.717, 1.165) is 28.9 Å². The van der Waals surface area contributed by atoms with Crippen molar-refractivity contribution in [2.24, 2.45) is 0 Å². The molecule has 1 heterocycles. The van der Waals surface area contributed by atoms with E-state index in [-0.39, 0.29) is 11.3 Å². The van der Waals surface area contributed by atoms with Gasteiger partial charge in [-0.25, -0.2) is 0 Å². The van der Waals surface area contributed by atoms with E-state index < -0.39 is 17.7 Å². The standard InChI is InChI=1S/C30H31NO5/c1-6-16-36-25-15-12-22(17-19(25)3)28(32)26-27(21-10-13-23(35-5)14-11-21)31(30(34)29(26)33)24-9-7-8-18(2)20(24)4/h7-15,17,27,32H,6,16H2,1-5H3/b28-26+. The molecule has 0 bridgehead atoms. The monoisotopic (exact) mass is 485 g/mol. The number of aryl methyl sites for hydroxylation is 2. The van der Waals surface area contributed by atoms with Gasteiger partial charge in [-0.2, -0.15) is 0 Å². The Morgan fingerprint density at radius 1 is 0.972 bits per heavy atom. The van der Waals surface area contributed by atoms with Crippen molar-refractivity contribution in [3.05, 3.63) is 94.1 Å². The zero-order valence-electron chi connectivity index (χ0n) is 21.3. The van der Waals surface area contributed by atoms with Gasteiger partial charge in [0.05, 0.1) is 25.3 Å². The number of aliphatic hydroxyl groups is 1. The highest BCUT2D eigenvalue weighted by atomic mass is 16.5. The summed E-state index contributed by atoms with van der Waals surface area (Å²) in [4.78, 5) is 28.4. The molecule has 6 nitrogen and oxygen atoms in total. The average molecular weight is 486 g/mol. The molecule has 0 spiro atoms. The van der Waals surface area contributed by atoms with Crippen molar-refractivity contribution in [1.29, 1.82) is 0 Å². The lowest BCUT2D eigenvalue weighted by Crippen LogP contribution is -2.30. The topological polar surface area (TPSA) is 76.1 Å². The molecule has 1 N–H and O–H groups in total.